The summed E-state index contributed by atoms with van der Waals surface area (Å²) >= 11 is 0. The average Bonchev–Trinajstić information content (AvgIpc) is 2.53. The summed E-state index contributed by atoms with van der Waals surface area (Å²) in [6, 6.07) is 2.83. The Bertz CT molecular complexity index is 235. The van der Waals surface area contributed by atoms with Crippen LogP contribution in [0.5, 0.6) is 0 Å². The van der Waals surface area contributed by atoms with Crippen molar-refractivity contribution in [2.24, 2.45) is 11.8 Å². The highest BCUT2D eigenvalue weighted by Gasteiger charge is 2.22. The number of hydrogen-bond acceptors (Lipinski definition) is 3. The van der Waals surface area contributed by atoms with Crippen molar-refractivity contribution in [3.63, 3.8) is 0 Å². The molecule has 17 heavy (non-hydrogen) atoms. The summed E-state index contributed by atoms with van der Waals surface area (Å²) in [4.78, 5) is 0. The quantitative estimate of drug-likeness (QED) is 0.571. The van der Waals surface area contributed by atoms with Crippen LogP contribution in [0.3, 0.4) is 0 Å². The van der Waals surface area contributed by atoms with E-state index in [9.17, 15) is 0 Å². The molecule has 0 aromatic carbocycles. The molecule has 3 heteroatoms. The first kappa shape index (κ1) is 14.5. The number of hydrogen-bond donors (Lipinski definition) is 1. The van der Waals surface area contributed by atoms with Crippen LogP contribution in [0.25, 0.3) is 0 Å². The highest BCUT2D eigenvalue weighted by molar-refractivity contribution is 4.93. The molecule has 0 spiro atoms. The van der Waals surface area contributed by atoms with E-state index >= 15 is 0 Å². The second kappa shape index (κ2) is 8.49. The maximum absolute atomic E-state index is 9.14. The van der Waals surface area contributed by atoms with Crippen LogP contribution in [-0.2, 0) is 4.74 Å². The number of nitrogens with zero attached hydrogens (tertiary/aromatic N) is 1. The minimum absolute atomic E-state index is 0.197. The smallest absolute Gasteiger partial charge is 0.0672 e. The van der Waals surface area contributed by atoms with Crippen molar-refractivity contribution in [1.82, 2.24) is 5.32 Å². The molecule has 0 radical (unpaired) electrons. The number of ether oxygens (including phenoxy) is 1. The van der Waals surface area contributed by atoms with E-state index in [1.54, 1.807) is 0 Å². The molecule has 2 unspecified atom stereocenters. The minimum Gasteiger partial charge on any atom is -0.380 e. The van der Waals surface area contributed by atoms with Gasteiger partial charge in [-0.1, -0.05) is 33.1 Å². The monoisotopic (exact) mass is 238 g/mol. The summed E-state index contributed by atoms with van der Waals surface area (Å²) in [5.74, 6) is 0.794. The first-order chi connectivity index (χ1) is 8.24. The SMILES string of the molecule is CC(C)COCCNC1CCCCCC1C#N. The van der Waals surface area contributed by atoms with Crippen LogP contribution in [0.1, 0.15) is 46.0 Å². The van der Waals surface area contributed by atoms with Crippen LogP contribution in [0.4, 0.5) is 0 Å². The molecule has 0 saturated heterocycles. The van der Waals surface area contributed by atoms with Crippen molar-refractivity contribution < 1.29 is 4.74 Å². The molecular formula is C14H26N2O. The van der Waals surface area contributed by atoms with Crippen LogP contribution >= 0.6 is 0 Å². The van der Waals surface area contributed by atoms with Crippen molar-refractivity contribution in [2.75, 3.05) is 19.8 Å². The predicted molar refractivity (Wildman–Crippen MR) is 69.6 cm³/mol. The number of nitrogens with one attached hydrogen (secondary N) is 1. The summed E-state index contributed by atoms with van der Waals surface area (Å²) in [6.45, 7) is 6.77. The molecular weight excluding hydrogens is 212 g/mol. The Labute approximate surface area is 106 Å². The van der Waals surface area contributed by atoms with Gasteiger partial charge in [-0.05, 0) is 18.8 Å². The maximum Gasteiger partial charge on any atom is 0.0672 e. The van der Waals surface area contributed by atoms with E-state index in [0.29, 0.717) is 12.0 Å². The van der Waals surface area contributed by atoms with E-state index in [1.165, 1.54) is 19.3 Å². The van der Waals surface area contributed by atoms with Crippen LogP contribution in [0, 0.1) is 23.2 Å². The van der Waals surface area contributed by atoms with Gasteiger partial charge in [0.15, 0.2) is 0 Å². The second-order valence-corrected chi connectivity index (χ2v) is 5.40. The molecule has 0 amide bonds. The Morgan fingerprint density at radius 2 is 2.06 bits per heavy atom. The Kier molecular flexibility index (Phi) is 7.23. The van der Waals surface area contributed by atoms with Gasteiger partial charge in [0.05, 0.1) is 18.6 Å². The van der Waals surface area contributed by atoms with E-state index in [-0.39, 0.29) is 5.92 Å². The van der Waals surface area contributed by atoms with Gasteiger partial charge >= 0.3 is 0 Å². The molecule has 0 heterocycles. The standard InChI is InChI=1S/C14H26N2O/c1-12(2)11-17-9-8-16-14-7-5-3-4-6-13(14)10-15/h12-14,16H,3-9,11H2,1-2H3. The van der Waals surface area contributed by atoms with Gasteiger partial charge in [-0.2, -0.15) is 5.26 Å². The molecule has 3 nitrogen and oxygen atoms in total. The van der Waals surface area contributed by atoms with Gasteiger partial charge in [0.25, 0.3) is 0 Å². The maximum atomic E-state index is 9.14. The van der Waals surface area contributed by atoms with Gasteiger partial charge in [0.2, 0.25) is 0 Å². The molecule has 0 aliphatic heterocycles. The zero-order valence-corrected chi connectivity index (χ0v) is 11.2. The molecule has 1 fully saturated rings. The first-order valence-electron chi connectivity index (χ1n) is 6.94. The van der Waals surface area contributed by atoms with Crippen molar-refractivity contribution >= 4 is 0 Å². The molecule has 1 N–H and O–H groups in total. The van der Waals surface area contributed by atoms with E-state index in [4.69, 9.17) is 10.00 Å². The van der Waals surface area contributed by atoms with E-state index in [2.05, 4.69) is 25.2 Å². The Hall–Kier alpha value is -0.590. The second-order valence-electron chi connectivity index (χ2n) is 5.40. The van der Waals surface area contributed by atoms with Crippen molar-refractivity contribution in [3.8, 4) is 6.07 Å². The Morgan fingerprint density at radius 1 is 1.29 bits per heavy atom. The van der Waals surface area contributed by atoms with Crippen molar-refractivity contribution in [2.45, 2.75) is 52.0 Å². The zero-order chi connectivity index (χ0) is 12.5. The third-order valence-corrected chi connectivity index (χ3v) is 3.29. The van der Waals surface area contributed by atoms with Crippen LogP contribution < -0.4 is 5.32 Å². The van der Waals surface area contributed by atoms with Crippen LogP contribution in [-0.4, -0.2) is 25.8 Å². The minimum atomic E-state index is 0.197. The highest BCUT2D eigenvalue weighted by atomic mass is 16.5. The summed E-state index contributed by atoms with van der Waals surface area (Å²) in [6.07, 6.45) is 5.94. The predicted octanol–water partition coefficient (Wildman–Crippen LogP) is 2.72. The lowest BCUT2D eigenvalue weighted by molar-refractivity contribution is 0.108. The molecule has 0 bridgehead atoms. The Morgan fingerprint density at radius 3 is 2.76 bits per heavy atom. The van der Waals surface area contributed by atoms with E-state index < -0.39 is 0 Å². The molecule has 0 aromatic rings. The molecule has 1 rings (SSSR count). The van der Waals surface area contributed by atoms with E-state index in [1.807, 2.05) is 0 Å². The normalized spacial score (nSPS) is 25.5. The van der Waals surface area contributed by atoms with E-state index in [0.717, 1.165) is 32.6 Å². The van der Waals surface area contributed by atoms with Gasteiger partial charge in [-0.25, -0.2) is 0 Å². The summed E-state index contributed by atoms with van der Waals surface area (Å²) in [5.41, 5.74) is 0. The molecule has 2 atom stereocenters. The Balaban J connectivity index is 2.17. The largest absolute Gasteiger partial charge is 0.380 e. The third kappa shape index (κ3) is 6.05. The lowest BCUT2D eigenvalue weighted by Gasteiger charge is -2.21. The number of rotatable bonds is 6. The molecule has 1 aliphatic carbocycles. The molecule has 0 aromatic heterocycles. The zero-order valence-electron chi connectivity index (χ0n) is 11.2. The fourth-order valence-corrected chi connectivity index (χ4v) is 2.34. The highest BCUT2D eigenvalue weighted by Crippen LogP contribution is 2.22. The molecule has 1 aliphatic rings. The number of nitriles is 1. The van der Waals surface area contributed by atoms with Crippen molar-refractivity contribution in [3.05, 3.63) is 0 Å². The first-order valence-corrected chi connectivity index (χ1v) is 6.94. The average molecular weight is 238 g/mol. The molecule has 1 saturated carbocycles. The lowest BCUT2D eigenvalue weighted by Crippen LogP contribution is -2.37. The molecule has 98 valence electrons. The van der Waals surface area contributed by atoms with Gasteiger partial charge in [-0.15, -0.1) is 0 Å². The van der Waals surface area contributed by atoms with Crippen molar-refractivity contribution in [1.29, 1.82) is 5.26 Å². The fraction of sp³-hybridized carbons (Fsp3) is 0.929. The lowest BCUT2D eigenvalue weighted by atomic mass is 9.96. The van der Waals surface area contributed by atoms with Crippen LogP contribution in [0.15, 0.2) is 0 Å². The summed E-state index contributed by atoms with van der Waals surface area (Å²) in [5, 5.41) is 12.6. The van der Waals surface area contributed by atoms with Gasteiger partial charge in [-0.3, -0.25) is 0 Å². The van der Waals surface area contributed by atoms with Gasteiger partial charge in [0, 0.05) is 19.2 Å². The fourth-order valence-electron chi connectivity index (χ4n) is 2.34. The summed E-state index contributed by atoms with van der Waals surface area (Å²) < 4.78 is 5.54. The summed E-state index contributed by atoms with van der Waals surface area (Å²) in [7, 11) is 0. The van der Waals surface area contributed by atoms with Gasteiger partial charge in [0.1, 0.15) is 0 Å². The van der Waals surface area contributed by atoms with Gasteiger partial charge < -0.3 is 10.1 Å². The topological polar surface area (TPSA) is 45.0 Å². The third-order valence-electron chi connectivity index (χ3n) is 3.29. The van der Waals surface area contributed by atoms with Crippen LogP contribution in [0.2, 0.25) is 0 Å².